The van der Waals surface area contributed by atoms with Crippen molar-refractivity contribution in [2.45, 2.75) is 34.6 Å². The molecule has 2 nitrogen and oxygen atoms in total. The zero-order chi connectivity index (χ0) is 12.8. The van der Waals surface area contributed by atoms with Crippen molar-refractivity contribution < 1.29 is 4.74 Å². The number of aryl methyl sites for hydroxylation is 2. The smallest absolute Gasteiger partial charge is 0.125 e. The second-order valence-electron chi connectivity index (χ2n) is 5.10. The van der Waals surface area contributed by atoms with Crippen LogP contribution in [-0.2, 0) is 0 Å². The molecule has 0 saturated carbocycles. The second-order valence-corrected chi connectivity index (χ2v) is 5.10. The van der Waals surface area contributed by atoms with Gasteiger partial charge in [-0.25, -0.2) is 0 Å². The van der Waals surface area contributed by atoms with Gasteiger partial charge in [0.2, 0.25) is 0 Å². The molecule has 0 heterocycles. The highest BCUT2D eigenvalue weighted by molar-refractivity contribution is 5.44. The lowest BCUT2D eigenvalue weighted by Crippen LogP contribution is -2.25. The Morgan fingerprint density at radius 2 is 1.76 bits per heavy atom. The SMILES string of the molecule is Cc1ccc(C)c(OCCNCC(C)C)c1C. The summed E-state index contributed by atoms with van der Waals surface area (Å²) in [6.45, 7) is 13.5. The van der Waals surface area contributed by atoms with Gasteiger partial charge < -0.3 is 10.1 Å². The molecule has 17 heavy (non-hydrogen) atoms. The fourth-order valence-electron chi connectivity index (χ4n) is 1.76. The van der Waals surface area contributed by atoms with Gasteiger partial charge >= 0.3 is 0 Å². The molecule has 0 atom stereocenters. The van der Waals surface area contributed by atoms with Gasteiger partial charge in [0.25, 0.3) is 0 Å². The number of hydrogen-bond donors (Lipinski definition) is 1. The van der Waals surface area contributed by atoms with Crippen LogP contribution in [0.4, 0.5) is 0 Å². The Morgan fingerprint density at radius 3 is 2.41 bits per heavy atom. The Morgan fingerprint density at radius 1 is 1.12 bits per heavy atom. The Kier molecular flexibility index (Phi) is 5.49. The van der Waals surface area contributed by atoms with Crippen molar-refractivity contribution in [2.75, 3.05) is 19.7 Å². The zero-order valence-corrected chi connectivity index (χ0v) is 11.8. The van der Waals surface area contributed by atoms with Crippen molar-refractivity contribution in [1.29, 1.82) is 0 Å². The molecule has 2 heteroatoms. The van der Waals surface area contributed by atoms with Gasteiger partial charge in [-0.3, -0.25) is 0 Å². The van der Waals surface area contributed by atoms with Crippen LogP contribution in [0.15, 0.2) is 12.1 Å². The maximum atomic E-state index is 5.87. The summed E-state index contributed by atoms with van der Waals surface area (Å²) >= 11 is 0. The van der Waals surface area contributed by atoms with E-state index in [1.807, 2.05) is 0 Å². The van der Waals surface area contributed by atoms with E-state index in [9.17, 15) is 0 Å². The topological polar surface area (TPSA) is 21.3 Å². The van der Waals surface area contributed by atoms with Crippen LogP contribution >= 0.6 is 0 Å². The van der Waals surface area contributed by atoms with Crippen LogP contribution in [0.2, 0.25) is 0 Å². The summed E-state index contributed by atoms with van der Waals surface area (Å²) in [4.78, 5) is 0. The predicted molar refractivity (Wildman–Crippen MR) is 73.9 cm³/mol. The van der Waals surface area contributed by atoms with E-state index >= 15 is 0 Å². The third kappa shape index (κ3) is 4.39. The van der Waals surface area contributed by atoms with E-state index in [-0.39, 0.29) is 0 Å². The largest absolute Gasteiger partial charge is 0.492 e. The first-order chi connectivity index (χ1) is 8.02. The lowest BCUT2D eigenvalue weighted by Gasteiger charge is -2.14. The highest BCUT2D eigenvalue weighted by Crippen LogP contribution is 2.25. The first-order valence-corrected chi connectivity index (χ1v) is 6.42. The van der Waals surface area contributed by atoms with E-state index in [1.54, 1.807) is 0 Å². The predicted octanol–water partition coefficient (Wildman–Crippen LogP) is 3.24. The minimum Gasteiger partial charge on any atom is -0.492 e. The Bertz CT molecular complexity index is 358. The summed E-state index contributed by atoms with van der Waals surface area (Å²) in [6, 6.07) is 4.27. The average molecular weight is 235 g/mol. The highest BCUT2D eigenvalue weighted by Gasteiger charge is 2.05. The summed E-state index contributed by atoms with van der Waals surface area (Å²) in [6.07, 6.45) is 0. The molecule has 0 unspecified atom stereocenters. The lowest BCUT2D eigenvalue weighted by molar-refractivity contribution is 0.307. The molecular formula is C15H25NO. The molecular weight excluding hydrogens is 210 g/mol. The molecule has 0 aliphatic carbocycles. The van der Waals surface area contributed by atoms with E-state index in [0.29, 0.717) is 5.92 Å². The van der Waals surface area contributed by atoms with Crippen molar-refractivity contribution in [3.05, 3.63) is 28.8 Å². The number of rotatable bonds is 6. The average Bonchev–Trinajstić information content (AvgIpc) is 2.27. The molecule has 0 radical (unpaired) electrons. The van der Waals surface area contributed by atoms with Crippen molar-refractivity contribution >= 4 is 0 Å². The van der Waals surface area contributed by atoms with Crippen LogP contribution in [0.5, 0.6) is 5.75 Å². The number of nitrogens with one attached hydrogen (secondary N) is 1. The molecule has 0 aliphatic rings. The van der Waals surface area contributed by atoms with Crippen molar-refractivity contribution in [3.8, 4) is 5.75 Å². The molecule has 0 fully saturated rings. The maximum Gasteiger partial charge on any atom is 0.125 e. The minimum absolute atomic E-state index is 0.692. The van der Waals surface area contributed by atoms with Crippen LogP contribution in [0, 0.1) is 26.7 Å². The molecule has 1 aromatic rings. The first-order valence-electron chi connectivity index (χ1n) is 6.42. The second kappa shape index (κ2) is 6.65. The monoisotopic (exact) mass is 235 g/mol. The van der Waals surface area contributed by atoms with E-state index < -0.39 is 0 Å². The molecule has 0 bridgehead atoms. The number of benzene rings is 1. The van der Waals surface area contributed by atoms with Crippen molar-refractivity contribution in [3.63, 3.8) is 0 Å². The van der Waals surface area contributed by atoms with Crippen LogP contribution in [0.3, 0.4) is 0 Å². The van der Waals surface area contributed by atoms with E-state index in [1.165, 1.54) is 16.7 Å². The zero-order valence-electron chi connectivity index (χ0n) is 11.8. The maximum absolute atomic E-state index is 5.87. The van der Waals surface area contributed by atoms with E-state index in [0.717, 1.165) is 25.4 Å². The fraction of sp³-hybridized carbons (Fsp3) is 0.600. The standard InChI is InChI=1S/C15H25NO/c1-11(2)10-16-8-9-17-15-13(4)7-6-12(3)14(15)5/h6-7,11,16H,8-10H2,1-5H3. The van der Waals surface area contributed by atoms with Gasteiger partial charge in [0, 0.05) is 6.54 Å². The summed E-state index contributed by atoms with van der Waals surface area (Å²) in [5.74, 6) is 1.74. The molecule has 1 rings (SSSR count). The highest BCUT2D eigenvalue weighted by atomic mass is 16.5. The van der Waals surface area contributed by atoms with Crippen LogP contribution in [0.1, 0.15) is 30.5 Å². The summed E-state index contributed by atoms with van der Waals surface area (Å²) < 4.78 is 5.87. The molecule has 0 spiro atoms. The van der Waals surface area contributed by atoms with E-state index in [4.69, 9.17) is 4.74 Å². The van der Waals surface area contributed by atoms with Crippen molar-refractivity contribution in [1.82, 2.24) is 5.32 Å². The third-order valence-corrected chi connectivity index (χ3v) is 2.95. The molecule has 0 amide bonds. The number of hydrogen-bond acceptors (Lipinski definition) is 2. The molecule has 1 N–H and O–H groups in total. The quantitative estimate of drug-likeness (QED) is 0.764. The molecule has 1 aromatic carbocycles. The van der Waals surface area contributed by atoms with Gasteiger partial charge in [0.1, 0.15) is 12.4 Å². The fourth-order valence-corrected chi connectivity index (χ4v) is 1.76. The normalized spacial score (nSPS) is 10.9. The summed E-state index contributed by atoms with van der Waals surface area (Å²) in [7, 11) is 0. The third-order valence-electron chi connectivity index (χ3n) is 2.95. The van der Waals surface area contributed by atoms with E-state index in [2.05, 4.69) is 52.1 Å². The lowest BCUT2D eigenvalue weighted by atomic mass is 10.1. The Labute approximate surface area is 105 Å². The Balaban J connectivity index is 2.44. The van der Waals surface area contributed by atoms with Crippen LogP contribution in [-0.4, -0.2) is 19.7 Å². The van der Waals surface area contributed by atoms with Gasteiger partial charge in [-0.2, -0.15) is 0 Å². The molecule has 0 aromatic heterocycles. The van der Waals surface area contributed by atoms with Crippen molar-refractivity contribution in [2.24, 2.45) is 5.92 Å². The van der Waals surface area contributed by atoms with Crippen LogP contribution in [0.25, 0.3) is 0 Å². The van der Waals surface area contributed by atoms with Crippen LogP contribution < -0.4 is 10.1 Å². The summed E-state index contributed by atoms with van der Waals surface area (Å²) in [5, 5.41) is 3.38. The van der Waals surface area contributed by atoms with Gasteiger partial charge in [-0.15, -0.1) is 0 Å². The van der Waals surface area contributed by atoms with Gasteiger partial charge in [0.05, 0.1) is 0 Å². The van der Waals surface area contributed by atoms with Gasteiger partial charge in [0.15, 0.2) is 0 Å². The minimum atomic E-state index is 0.692. The first kappa shape index (κ1) is 14.0. The molecule has 0 aliphatic heterocycles. The molecule has 0 saturated heterocycles. The Hall–Kier alpha value is -1.02. The number of ether oxygens (including phenoxy) is 1. The van der Waals surface area contributed by atoms with Gasteiger partial charge in [-0.1, -0.05) is 26.0 Å². The summed E-state index contributed by atoms with van der Waals surface area (Å²) in [5.41, 5.74) is 3.77. The van der Waals surface area contributed by atoms with Gasteiger partial charge in [-0.05, 0) is 49.9 Å². The molecule has 96 valence electrons.